The van der Waals surface area contributed by atoms with Crippen LogP contribution in [-0.4, -0.2) is 32.7 Å². The second-order valence-electron chi connectivity index (χ2n) is 5.88. The molecule has 0 radical (unpaired) electrons. The molecule has 0 aliphatic rings. The summed E-state index contributed by atoms with van der Waals surface area (Å²) in [6, 6.07) is 10.0. The van der Waals surface area contributed by atoms with Gasteiger partial charge in [-0.3, -0.25) is 4.79 Å². The van der Waals surface area contributed by atoms with E-state index in [2.05, 4.69) is 5.32 Å². The number of hydrogen-bond acceptors (Lipinski definition) is 7. The number of benzene rings is 1. The molecule has 2 aromatic rings. The van der Waals surface area contributed by atoms with Gasteiger partial charge in [0.05, 0.1) is 22.8 Å². The van der Waals surface area contributed by atoms with Crippen molar-refractivity contribution in [1.29, 1.82) is 5.26 Å². The average molecular weight is 421 g/mol. The monoisotopic (exact) mass is 420 g/mol. The third kappa shape index (κ3) is 5.18. The van der Waals surface area contributed by atoms with E-state index in [-0.39, 0.29) is 45.5 Å². The van der Waals surface area contributed by atoms with Crippen LogP contribution >= 0.6 is 11.3 Å². The molecule has 1 N–H and O–H groups in total. The van der Waals surface area contributed by atoms with Crippen molar-refractivity contribution >= 4 is 38.1 Å². The molecule has 0 atom stereocenters. The Balaban J connectivity index is 2.01. The van der Waals surface area contributed by atoms with Gasteiger partial charge >= 0.3 is 5.97 Å². The zero-order valence-corrected chi connectivity index (χ0v) is 17.2. The van der Waals surface area contributed by atoms with Gasteiger partial charge in [0.25, 0.3) is 0 Å². The third-order valence-electron chi connectivity index (χ3n) is 3.89. The molecule has 2 rings (SSSR count). The number of sulfone groups is 1. The van der Waals surface area contributed by atoms with Crippen LogP contribution in [0.4, 0.5) is 5.00 Å². The standard InChI is InChI=1S/C19H20N2O5S2/c1-3-26-19(23)17-13(2)15(12-20)18(27-17)21-16(22)10-7-11-28(24,25)14-8-5-4-6-9-14/h4-6,8-9H,3,7,10-11H2,1-2H3,(H,21,22). The summed E-state index contributed by atoms with van der Waals surface area (Å²) in [5, 5.41) is 12.2. The lowest BCUT2D eigenvalue weighted by molar-refractivity contribution is -0.116. The van der Waals surface area contributed by atoms with Gasteiger partial charge in [0.15, 0.2) is 9.84 Å². The summed E-state index contributed by atoms with van der Waals surface area (Å²) in [6.07, 6.45) is 0.114. The summed E-state index contributed by atoms with van der Waals surface area (Å²) in [4.78, 5) is 24.6. The molecule has 1 heterocycles. The lowest BCUT2D eigenvalue weighted by Crippen LogP contribution is -2.14. The van der Waals surface area contributed by atoms with E-state index in [4.69, 9.17) is 4.74 Å². The van der Waals surface area contributed by atoms with E-state index >= 15 is 0 Å². The Morgan fingerprint density at radius 2 is 1.93 bits per heavy atom. The molecule has 148 valence electrons. The van der Waals surface area contributed by atoms with E-state index < -0.39 is 21.7 Å². The van der Waals surface area contributed by atoms with Crippen molar-refractivity contribution in [1.82, 2.24) is 0 Å². The van der Waals surface area contributed by atoms with Crippen LogP contribution in [0.1, 0.15) is 40.6 Å². The summed E-state index contributed by atoms with van der Waals surface area (Å²) < 4.78 is 29.4. The number of nitrogens with one attached hydrogen (secondary N) is 1. The molecule has 0 bridgehead atoms. The summed E-state index contributed by atoms with van der Waals surface area (Å²) in [7, 11) is -3.45. The van der Waals surface area contributed by atoms with Crippen LogP contribution in [0, 0.1) is 18.3 Å². The number of nitrogens with zero attached hydrogens (tertiary/aromatic N) is 1. The SMILES string of the molecule is CCOC(=O)c1sc(NC(=O)CCCS(=O)(=O)c2ccccc2)c(C#N)c1C. The molecule has 1 amide bonds. The Labute approximate surface area is 167 Å². The number of hydrogen-bond donors (Lipinski definition) is 1. The van der Waals surface area contributed by atoms with E-state index in [1.807, 2.05) is 6.07 Å². The van der Waals surface area contributed by atoms with Gasteiger partial charge in [-0.25, -0.2) is 13.2 Å². The van der Waals surface area contributed by atoms with Crippen molar-refractivity contribution in [2.24, 2.45) is 0 Å². The number of anilines is 1. The number of thiophene rings is 1. The van der Waals surface area contributed by atoms with Crippen molar-refractivity contribution in [3.63, 3.8) is 0 Å². The minimum Gasteiger partial charge on any atom is -0.462 e. The summed E-state index contributed by atoms with van der Waals surface area (Å²) in [6.45, 7) is 3.50. The van der Waals surface area contributed by atoms with Gasteiger partial charge in [-0.05, 0) is 38.0 Å². The van der Waals surface area contributed by atoms with Crippen LogP contribution in [0.3, 0.4) is 0 Å². The maximum Gasteiger partial charge on any atom is 0.348 e. The Bertz CT molecular complexity index is 1000. The van der Waals surface area contributed by atoms with E-state index in [9.17, 15) is 23.3 Å². The van der Waals surface area contributed by atoms with E-state index in [1.54, 1.807) is 32.0 Å². The molecular weight excluding hydrogens is 400 g/mol. The summed E-state index contributed by atoms with van der Waals surface area (Å²) in [5.74, 6) is -1.13. The van der Waals surface area contributed by atoms with Gasteiger partial charge in [0.1, 0.15) is 15.9 Å². The van der Waals surface area contributed by atoms with Crippen molar-refractivity contribution in [3.8, 4) is 6.07 Å². The summed E-state index contributed by atoms with van der Waals surface area (Å²) in [5.41, 5.74) is 0.659. The van der Waals surface area contributed by atoms with Crippen molar-refractivity contribution in [2.45, 2.75) is 31.6 Å². The Kier molecular flexibility index (Phi) is 7.31. The van der Waals surface area contributed by atoms with Crippen molar-refractivity contribution < 1.29 is 22.7 Å². The number of ether oxygens (including phenoxy) is 1. The van der Waals surface area contributed by atoms with Gasteiger partial charge in [-0.2, -0.15) is 5.26 Å². The largest absolute Gasteiger partial charge is 0.462 e. The zero-order chi connectivity index (χ0) is 20.7. The van der Waals surface area contributed by atoms with E-state index in [0.29, 0.717) is 5.56 Å². The summed E-state index contributed by atoms with van der Waals surface area (Å²) >= 11 is 0.976. The Hall–Kier alpha value is -2.70. The molecule has 0 aliphatic carbocycles. The van der Waals surface area contributed by atoms with Gasteiger partial charge in [0.2, 0.25) is 5.91 Å². The highest BCUT2D eigenvalue weighted by molar-refractivity contribution is 7.91. The minimum absolute atomic E-state index is 0.0252. The van der Waals surface area contributed by atoms with E-state index in [1.165, 1.54) is 12.1 Å². The first-order valence-corrected chi connectivity index (χ1v) is 11.0. The Morgan fingerprint density at radius 1 is 1.25 bits per heavy atom. The molecule has 0 aliphatic heterocycles. The highest BCUT2D eigenvalue weighted by Crippen LogP contribution is 2.33. The number of carbonyl (C=O) groups is 2. The molecule has 0 unspecified atom stereocenters. The molecule has 0 saturated carbocycles. The normalized spacial score (nSPS) is 10.9. The van der Waals surface area contributed by atoms with Gasteiger partial charge in [-0.1, -0.05) is 18.2 Å². The fourth-order valence-electron chi connectivity index (χ4n) is 2.49. The van der Waals surface area contributed by atoms with Gasteiger partial charge in [-0.15, -0.1) is 11.3 Å². The number of nitriles is 1. The lowest BCUT2D eigenvalue weighted by Gasteiger charge is -2.05. The fourth-order valence-corrected chi connectivity index (χ4v) is 4.88. The quantitative estimate of drug-likeness (QED) is 0.656. The molecule has 28 heavy (non-hydrogen) atoms. The predicted molar refractivity (Wildman–Crippen MR) is 106 cm³/mol. The first-order chi connectivity index (χ1) is 13.3. The number of rotatable bonds is 8. The number of carbonyl (C=O) groups excluding carboxylic acids is 2. The van der Waals surface area contributed by atoms with Gasteiger partial charge in [0, 0.05) is 6.42 Å². The molecular formula is C19H20N2O5S2. The minimum atomic E-state index is -3.45. The lowest BCUT2D eigenvalue weighted by atomic mass is 10.1. The molecule has 0 fully saturated rings. The number of esters is 1. The van der Waals surface area contributed by atoms with Crippen LogP contribution in [0.5, 0.6) is 0 Å². The third-order valence-corrected chi connectivity index (χ3v) is 6.90. The van der Waals surface area contributed by atoms with Crippen LogP contribution in [-0.2, 0) is 19.4 Å². The number of amides is 1. The maximum absolute atomic E-state index is 12.2. The van der Waals surface area contributed by atoms with Crippen LogP contribution in [0.15, 0.2) is 35.2 Å². The first kappa shape index (κ1) is 21.6. The van der Waals surface area contributed by atoms with Crippen LogP contribution in [0.25, 0.3) is 0 Å². The van der Waals surface area contributed by atoms with Crippen LogP contribution in [0.2, 0.25) is 0 Å². The maximum atomic E-state index is 12.2. The highest BCUT2D eigenvalue weighted by atomic mass is 32.2. The molecule has 1 aromatic carbocycles. The second-order valence-corrected chi connectivity index (χ2v) is 9.01. The fraction of sp³-hybridized carbons (Fsp3) is 0.316. The average Bonchev–Trinajstić information content (AvgIpc) is 2.97. The van der Waals surface area contributed by atoms with Crippen molar-refractivity contribution in [2.75, 3.05) is 17.7 Å². The predicted octanol–water partition coefficient (Wildman–Crippen LogP) is 3.30. The molecule has 0 saturated heterocycles. The smallest absolute Gasteiger partial charge is 0.348 e. The van der Waals surface area contributed by atoms with Crippen molar-refractivity contribution in [3.05, 3.63) is 46.3 Å². The second kappa shape index (κ2) is 9.48. The van der Waals surface area contributed by atoms with Gasteiger partial charge < -0.3 is 10.1 Å². The highest BCUT2D eigenvalue weighted by Gasteiger charge is 2.22. The van der Waals surface area contributed by atoms with E-state index in [0.717, 1.165) is 11.3 Å². The molecule has 9 heteroatoms. The topological polar surface area (TPSA) is 113 Å². The van der Waals surface area contributed by atoms with Crippen LogP contribution < -0.4 is 5.32 Å². The molecule has 7 nitrogen and oxygen atoms in total. The molecule has 1 aromatic heterocycles. The molecule has 0 spiro atoms. The zero-order valence-electron chi connectivity index (χ0n) is 15.5. The first-order valence-electron chi connectivity index (χ1n) is 8.58. The Morgan fingerprint density at radius 3 is 2.54 bits per heavy atom.